The van der Waals surface area contributed by atoms with Crippen molar-refractivity contribution in [3.8, 4) is 0 Å². The number of nitrogens with two attached hydrogens (primary N) is 1. The molecule has 0 aliphatic carbocycles. The summed E-state index contributed by atoms with van der Waals surface area (Å²) < 4.78 is 4.77. The number of methoxy groups -OCH3 is 1. The Kier molecular flexibility index (Phi) is 3.22. The van der Waals surface area contributed by atoms with Gasteiger partial charge in [-0.1, -0.05) is 30.3 Å². The lowest BCUT2D eigenvalue weighted by molar-refractivity contribution is -0.143. The largest absolute Gasteiger partial charge is 0.381 e. The van der Waals surface area contributed by atoms with Crippen LogP contribution in [0.15, 0.2) is 30.3 Å². The van der Waals surface area contributed by atoms with E-state index in [4.69, 9.17) is 10.5 Å². The second kappa shape index (κ2) is 4.21. The highest BCUT2D eigenvalue weighted by molar-refractivity contribution is 5.84. The molecule has 0 saturated heterocycles. The van der Waals surface area contributed by atoms with E-state index in [1.165, 1.54) is 7.11 Å². The summed E-state index contributed by atoms with van der Waals surface area (Å²) in [5.41, 5.74) is 3.82. The van der Waals surface area contributed by atoms with Crippen LogP contribution in [0.4, 0.5) is 0 Å². The Morgan fingerprint density at radius 2 is 2.07 bits per heavy atom. The van der Waals surface area contributed by atoms with Crippen LogP contribution in [0.1, 0.15) is 5.56 Å². The van der Waals surface area contributed by atoms with E-state index >= 15 is 0 Å². The molecule has 0 aliphatic rings. The van der Waals surface area contributed by atoms with Crippen LogP contribution in [0.25, 0.3) is 0 Å². The molecule has 0 radical (unpaired) electrons. The SMILES string of the molecule is COCC(O)(C(N)=O)c1ccccc1. The van der Waals surface area contributed by atoms with Crippen LogP contribution in [0.2, 0.25) is 0 Å². The van der Waals surface area contributed by atoms with Gasteiger partial charge in [-0.25, -0.2) is 0 Å². The van der Waals surface area contributed by atoms with E-state index in [-0.39, 0.29) is 6.61 Å². The zero-order valence-corrected chi connectivity index (χ0v) is 7.93. The third-order valence-corrected chi connectivity index (χ3v) is 2.01. The number of hydrogen-bond donors (Lipinski definition) is 2. The molecule has 1 aromatic carbocycles. The highest BCUT2D eigenvalue weighted by Gasteiger charge is 2.35. The van der Waals surface area contributed by atoms with Gasteiger partial charge in [0.05, 0.1) is 6.61 Å². The Bertz CT molecular complexity index is 312. The molecule has 1 unspecified atom stereocenters. The Morgan fingerprint density at radius 3 is 2.50 bits per heavy atom. The fourth-order valence-electron chi connectivity index (χ4n) is 1.22. The summed E-state index contributed by atoms with van der Waals surface area (Å²) in [6, 6.07) is 8.49. The molecule has 1 atom stereocenters. The van der Waals surface area contributed by atoms with Crippen molar-refractivity contribution in [3.05, 3.63) is 35.9 Å². The predicted octanol–water partition coefficient (Wildman–Crippen LogP) is 0.00590. The summed E-state index contributed by atoms with van der Waals surface area (Å²) in [5, 5.41) is 9.96. The Hall–Kier alpha value is -1.39. The molecule has 0 bridgehead atoms. The number of hydrogen-bond acceptors (Lipinski definition) is 3. The maximum Gasteiger partial charge on any atom is 0.256 e. The van der Waals surface area contributed by atoms with Crippen molar-refractivity contribution in [1.29, 1.82) is 0 Å². The summed E-state index contributed by atoms with van der Waals surface area (Å²) in [7, 11) is 1.40. The molecule has 14 heavy (non-hydrogen) atoms. The van der Waals surface area contributed by atoms with Crippen molar-refractivity contribution in [1.82, 2.24) is 0 Å². The molecule has 1 aromatic rings. The first kappa shape index (κ1) is 10.7. The molecule has 0 saturated carbocycles. The average Bonchev–Trinajstić information content (AvgIpc) is 2.19. The van der Waals surface area contributed by atoms with E-state index in [0.29, 0.717) is 5.56 Å². The zero-order valence-electron chi connectivity index (χ0n) is 7.93. The molecule has 0 heterocycles. The number of aliphatic hydroxyl groups is 1. The summed E-state index contributed by atoms with van der Waals surface area (Å²) in [6.07, 6.45) is 0. The third-order valence-electron chi connectivity index (χ3n) is 2.01. The van der Waals surface area contributed by atoms with Gasteiger partial charge in [-0.2, -0.15) is 0 Å². The van der Waals surface area contributed by atoms with E-state index in [1.54, 1.807) is 30.3 Å². The van der Waals surface area contributed by atoms with Crippen LogP contribution in [0.5, 0.6) is 0 Å². The van der Waals surface area contributed by atoms with Crippen molar-refractivity contribution in [2.75, 3.05) is 13.7 Å². The van der Waals surface area contributed by atoms with Gasteiger partial charge in [-0.15, -0.1) is 0 Å². The highest BCUT2D eigenvalue weighted by atomic mass is 16.5. The molecule has 1 amide bonds. The fraction of sp³-hybridized carbons (Fsp3) is 0.300. The van der Waals surface area contributed by atoms with Gasteiger partial charge < -0.3 is 15.6 Å². The van der Waals surface area contributed by atoms with Gasteiger partial charge in [0.15, 0.2) is 5.60 Å². The minimum absolute atomic E-state index is 0.146. The number of primary amides is 1. The number of ether oxygens (including phenoxy) is 1. The predicted molar refractivity (Wildman–Crippen MR) is 51.4 cm³/mol. The van der Waals surface area contributed by atoms with Gasteiger partial charge in [0, 0.05) is 7.11 Å². The van der Waals surface area contributed by atoms with Crippen molar-refractivity contribution >= 4 is 5.91 Å². The van der Waals surface area contributed by atoms with E-state index < -0.39 is 11.5 Å². The van der Waals surface area contributed by atoms with E-state index in [1.807, 2.05) is 0 Å². The smallest absolute Gasteiger partial charge is 0.256 e. The van der Waals surface area contributed by atoms with Gasteiger partial charge in [-0.3, -0.25) is 4.79 Å². The molecule has 0 fully saturated rings. The molecule has 76 valence electrons. The summed E-state index contributed by atoms with van der Waals surface area (Å²) in [5.74, 6) is -0.814. The van der Waals surface area contributed by atoms with Gasteiger partial charge >= 0.3 is 0 Å². The first-order valence-electron chi connectivity index (χ1n) is 4.18. The summed E-state index contributed by atoms with van der Waals surface area (Å²) in [4.78, 5) is 11.1. The maximum atomic E-state index is 11.1. The third kappa shape index (κ3) is 1.92. The number of carbonyl (C=O) groups excluding carboxylic acids is 1. The van der Waals surface area contributed by atoms with Gasteiger partial charge in [-0.05, 0) is 5.56 Å². The minimum Gasteiger partial charge on any atom is -0.381 e. The molecule has 4 heteroatoms. The molecule has 0 aromatic heterocycles. The summed E-state index contributed by atoms with van der Waals surface area (Å²) >= 11 is 0. The average molecular weight is 195 g/mol. The first-order chi connectivity index (χ1) is 6.61. The normalized spacial score (nSPS) is 14.7. The zero-order chi connectivity index (χ0) is 10.6. The van der Waals surface area contributed by atoms with E-state index in [9.17, 15) is 9.90 Å². The Morgan fingerprint density at radius 1 is 1.50 bits per heavy atom. The molecule has 1 rings (SSSR count). The second-order valence-electron chi connectivity index (χ2n) is 3.02. The first-order valence-corrected chi connectivity index (χ1v) is 4.18. The van der Waals surface area contributed by atoms with Crippen LogP contribution >= 0.6 is 0 Å². The van der Waals surface area contributed by atoms with Crippen molar-refractivity contribution < 1.29 is 14.6 Å². The van der Waals surface area contributed by atoms with Crippen molar-refractivity contribution in [2.45, 2.75) is 5.60 Å². The second-order valence-corrected chi connectivity index (χ2v) is 3.02. The maximum absolute atomic E-state index is 11.1. The van der Waals surface area contributed by atoms with E-state index in [0.717, 1.165) is 0 Å². The number of amides is 1. The van der Waals surface area contributed by atoms with Crippen molar-refractivity contribution in [2.24, 2.45) is 5.73 Å². The van der Waals surface area contributed by atoms with Gasteiger partial charge in [0.2, 0.25) is 0 Å². The standard InChI is InChI=1S/C10H13NO3/c1-14-7-10(13,9(11)12)8-5-3-2-4-6-8/h2-6,13H,7H2,1H3,(H2,11,12). The topological polar surface area (TPSA) is 72.6 Å². The molecule has 4 nitrogen and oxygen atoms in total. The molecule has 0 aliphatic heterocycles. The number of carbonyl (C=O) groups is 1. The lowest BCUT2D eigenvalue weighted by atomic mass is 9.94. The van der Waals surface area contributed by atoms with Gasteiger partial charge in [0.1, 0.15) is 0 Å². The lowest BCUT2D eigenvalue weighted by Crippen LogP contribution is -2.44. The Balaban J connectivity index is 3.06. The van der Waals surface area contributed by atoms with Crippen LogP contribution in [0, 0.1) is 0 Å². The van der Waals surface area contributed by atoms with Crippen LogP contribution in [-0.4, -0.2) is 24.7 Å². The van der Waals surface area contributed by atoms with E-state index in [2.05, 4.69) is 0 Å². The van der Waals surface area contributed by atoms with Crippen LogP contribution in [0.3, 0.4) is 0 Å². The summed E-state index contributed by atoms with van der Waals surface area (Å²) in [6.45, 7) is -0.146. The molecule has 0 spiro atoms. The molecular formula is C10H13NO3. The quantitative estimate of drug-likeness (QED) is 0.710. The van der Waals surface area contributed by atoms with Crippen LogP contribution in [-0.2, 0) is 15.1 Å². The number of benzene rings is 1. The monoisotopic (exact) mass is 195 g/mol. The fourth-order valence-corrected chi connectivity index (χ4v) is 1.22. The van der Waals surface area contributed by atoms with Crippen molar-refractivity contribution in [3.63, 3.8) is 0 Å². The number of rotatable bonds is 4. The highest BCUT2D eigenvalue weighted by Crippen LogP contribution is 2.20. The van der Waals surface area contributed by atoms with Crippen LogP contribution < -0.4 is 5.73 Å². The van der Waals surface area contributed by atoms with Gasteiger partial charge in [0.25, 0.3) is 5.91 Å². The lowest BCUT2D eigenvalue weighted by Gasteiger charge is -2.23. The molecular weight excluding hydrogens is 182 g/mol. The Labute approximate surface area is 82.3 Å². The minimum atomic E-state index is -1.74. The molecule has 3 N–H and O–H groups in total.